The minimum Gasteiger partial charge on any atom is -0.310 e. The number of thiophene rings is 1. The Balaban J connectivity index is 1.10. The molecule has 9 aromatic rings. The average Bonchev–Trinajstić information content (AvgIpc) is 3.59. The second-order valence-electron chi connectivity index (χ2n) is 12.6. The summed E-state index contributed by atoms with van der Waals surface area (Å²) in [5.74, 6) is 0. The van der Waals surface area contributed by atoms with Crippen LogP contribution in [-0.4, -0.2) is 0 Å². The summed E-state index contributed by atoms with van der Waals surface area (Å²) < 4.78 is 2.64. The molecule has 242 valence electrons. The molecule has 51 heavy (non-hydrogen) atoms. The maximum Gasteiger partial charge on any atom is 0.0467 e. The van der Waals surface area contributed by atoms with Gasteiger partial charge in [0.1, 0.15) is 0 Å². The summed E-state index contributed by atoms with van der Waals surface area (Å²) in [6.07, 6.45) is 0. The standard InChI is InChI=1S/C48H34N2S/c1-4-17-38(18-5-1)49(39-19-6-2-7-20-39)42-23-12-15-36(33-42)37-16-13-24-43(34-37)50(40-21-8-3-9-22-40)41-31-29-35(30-32-41)44-26-14-28-47-48(44)45-25-10-11-27-46(45)51-47/h1-34H. The quantitative estimate of drug-likeness (QED) is 0.159. The third kappa shape index (κ3) is 5.94. The Kier molecular flexibility index (Phi) is 8.09. The molecule has 2 nitrogen and oxygen atoms in total. The number of hydrogen-bond donors (Lipinski definition) is 0. The van der Waals surface area contributed by atoms with Crippen LogP contribution >= 0.6 is 11.3 Å². The lowest BCUT2D eigenvalue weighted by Crippen LogP contribution is -2.10. The highest BCUT2D eigenvalue weighted by Gasteiger charge is 2.17. The molecule has 0 aliphatic carbocycles. The van der Waals surface area contributed by atoms with Crippen LogP contribution in [0.15, 0.2) is 206 Å². The Labute approximate surface area is 302 Å². The molecule has 0 fully saturated rings. The van der Waals surface area contributed by atoms with Gasteiger partial charge < -0.3 is 9.80 Å². The number of hydrogen-bond acceptors (Lipinski definition) is 3. The first-order valence-corrected chi connectivity index (χ1v) is 18.1. The molecule has 8 aromatic carbocycles. The Morgan fingerprint density at radius 1 is 0.294 bits per heavy atom. The fourth-order valence-electron chi connectivity index (χ4n) is 7.08. The molecule has 0 aliphatic rings. The van der Waals surface area contributed by atoms with Crippen LogP contribution in [0.4, 0.5) is 34.1 Å². The second-order valence-corrected chi connectivity index (χ2v) is 13.7. The van der Waals surface area contributed by atoms with Gasteiger partial charge in [-0.1, -0.05) is 121 Å². The predicted octanol–water partition coefficient (Wildman–Crippen LogP) is 14.3. The number of anilines is 6. The van der Waals surface area contributed by atoms with Gasteiger partial charge in [0, 0.05) is 54.3 Å². The number of rotatable bonds is 8. The lowest BCUT2D eigenvalue weighted by Gasteiger charge is -2.27. The van der Waals surface area contributed by atoms with Crippen molar-refractivity contribution in [1.82, 2.24) is 0 Å². The average molecular weight is 671 g/mol. The van der Waals surface area contributed by atoms with E-state index in [0.717, 1.165) is 45.3 Å². The van der Waals surface area contributed by atoms with Crippen LogP contribution in [0.1, 0.15) is 0 Å². The van der Waals surface area contributed by atoms with Crippen molar-refractivity contribution in [2.24, 2.45) is 0 Å². The molecule has 0 spiro atoms. The molecular formula is C48H34N2S. The lowest BCUT2D eigenvalue weighted by atomic mass is 9.99. The van der Waals surface area contributed by atoms with E-state index in [1.807, 2.05) is 11.3 Å². The van der Waals surface area contributed by atoms with Gasteiger partial charge in [-0.3, -0.25) is 0 Å². The van der Waals surface area contributed by atoms with E-state index in [0.29, 0.717) is 0 Å². The van der Waals surface area contributed by atoms with Crippen LogP contribution in [0.25, 0.3) is 42.4 Å². The van der Waals surface area contributed by atoms with Crippen molar-refractivity contribution < 1.29 is 0 Å². The largest absolute Gasteiger partial charge is 0.310 e. The van der Waals surface area contributed by atoms with Crippen LogP contribution in [-0.2, 0) is 0 Å². The highest BCUT2D eigenvalue weighted by atomic mass is 32.1. The van der Waals surface area contributed by atoms with Gasteiger partial charge in [0.25, 0.3) is 0 Å². The number of nitrogens with zero attached hydrogens (tertiary/aromatic N) is 2. The fraction of sp³-hybridized carbons (Fsp3) is 0. The van der Waals surface area contributed by atoms with E-state index in [2.05, 4.69) is 216 Å². The van der Waals surface area contributed by atoms with Crippen molar-refractivity contribution in [3.8, 4) is 22.3 Å². The molecule has 1 aromatic heterocycles. The molecule has 3 heteroatoms. The number of para-hydroxylation sites is 3. The summed E-state index contributed by atoms with van der Waals surface area (Å²) in [4.78, 5) is 4.66. The Bertz CT molecular complexity index is 2540. The van der Waals surface area contributed by atoms with Crippen LogP contribution in [0.3, 0.4) is 0 Å². The van der Waals surface area contributed by atoms with Crippen molar-refractivity contribution in [1.29, 1.82) is 0 Å². The van der Waals surface area contributed by atoms with E-state index in [4.69, 9.17) is 0 Å². The first kappa shape index (κ1) is 30.6. The van der Waals surface area contributed by atoms with Gasteiger partial charge >= 0.3 is 0 Å². The maximum atomic E-state index is 2.35. The van der Waals surface area contributed by atoms with Gasteiger partial charge in [0.05, 0.1) is 0 Å². The van der Waals surface area contributed by atoms with Crippen LogP contribution in [0.2, 0.25) is 0 Å². The van der Waals surface area contributed by atoms with Gasteiger partial charge in [-0.05, 0) is 107 Å². The van der Waals surface area contributed by atoms with Crippen molar-refractivity contribution in [2.45, 2.75) is 0 Å². The van der Waals surface area contributed by atoms with Gasteiger partial charge in [-0.25, -0.2) is 0 Å². The van der Waals surface area contributed by atoms with Crippen molar-refractivity contribution in [3.05, 3.63) is 206 Å². The number of fused-ring (bicyclic) bond motifs is 3. The molecular weight excluding hydrogens is 637 g/mol. The highest BCUT2D eigenvalue weighted by molar-refractivity contribution is 7.25. The minimum atomic E-state index is 1.10. The zero-order valence-electron chi connectivity index (χ0n) is 27.9. The smallest absolute Gasteiger partial charge is 0.0467 e. The molecule has 0 N–H and O–H groups in total. The normalized spacial score (nSPS) is 11.1. The maximum absolute atomic E-state index is 2.35. The van der Waals surface area contributed by atoms with Gasteiger partial charge in [0.15, 0.2) is 0 Å². The Hall–Kier alpha value is -6.42. The van der Waals surface area contributed by atoms with E-state index in [9.17, 15) is 0 Å². The molecule has 0 amide bonds. The SMILES string of the molecule is c1ccc(N(c2ccccc2)c2cccc(-c3cccc(N(c4ccccc4)c4ccc(-c5cccc6sc7ccccc7c56)cc4)c3)c2)cc1. The topological polar surface area (TPSA) is 6.48 Å². The van der Waals surface area contributed by atoms with Crippen LogP contribution < -0.4 is 9.80 Å². The van der Waals surface area contributed by atoms with Gasteiger partial charge in [-0.15, -0.1) is 11.3 Å². The Morgan fingerprint density at radius 3 is 1.27 bits per heavy atom. The zero-order valence-corrected chi connectivity index (χ0v) is 28.7. The van der Waals surface area contributed by atoms with E-state index in [1.165, 1.54) is 31.3 Å². The first-order chi connectivity index (χ1) is 25.3. The monoisotopic (exact) mass is 670 g/mol. The van der Waals surface area contributed by atoms with Crippen molar-refractivity contribution >= 4 is 65.6 Å². The first-order valence-electron chi connectivity index (χ1n) is 17.3. The molecule has 0 unspecified atom stereocenters. The minimum absolute atomic E-state index is 1.10. The van der Waals surface area contributed by atoms with E-state index < -0.39 is 0 Å². The summed E-state index contributed by atoms with van der Waals surface area (Å²) in [5.41, 5.74) is 11.5. The summed E-state index contributed by atoms with van der Waals surface area (Å²) >= 11 is 1.86. The lowest BCUT2D eigenvalue weighted by molar-refractivity contribution is 1.28. The molecule has 9 rings (SSSR count). The van der Waals surface area contributed by atoms with E-state index >= 15 is 0 Å². The summed E-state index contributed by atoms with van der Waals surface area (Å²) in [7, 11) is 0. The second kappa shape index (κ2) is 13.5. The number of benzene rings is 8. The third-order valence-electron chi connectivity index (χ3n) is 9.42. The highest BCUT2D eigenvalue weighted by Crippen LogP contribution is 2.42. The molecule has 0 saturated heterocycles. The molecule has 0 radical (unpaired) electrons. The van der Waals surface area contributed by atoms with Gasteiger partial charge in [-0.2, -0.15) is 0 Å². The van der Waals surface area contributed by atoms with Crippen LogP contribution in [0.5, 0.6) is 0 Å². The predicted molar refractivity (Wildman–Crippen MR) is 220 cm³/mol. The molecule has 0 saturated carbocycles. The molecule has 0 aliphatic heterocycles. The van der Waals surface area contributed by atoms with E-state index in [1.54, 1.807) is 0 Å². The van der Waals surface area contributed by atoms with Gasteiger partial charge in [0.2, 0.25) is 0 Å². The van der Waals surface area contributed by atoms with E-state index in [-0.39, 0.29) is 0 Å². The van der Waals surface area contributed by atoms with Crippen molar-refractivity contribution in [2.75, 3.05) is 9.80 Å². The summed E-state index contributed by atoms with van der Waals surface area (Å²) in [6.45, 7) is 0. The fourth-order valence-corrected chi connectivity index (χ4v) is 8.21. The summed E-state index contributed by atoms with van der Waals surface area (Å²) in [5, 5.41) is 2.65. The molecule has 0 atom stereocenters. The molecule has 0 bridgehead atoms. The van der Waals surface area contributed by atoms with Crippen molar-refractivity contribution in [3.63, 3.8) is 0 Å². The molecule has 1 heterocycles. The zero-order chi connectivity index (χ0) is 34.0. The summed E-state index contributed by atoms with van der Waals surface area (Å²) in [6, 6.07) is 73.9. The van der Waals surface area contributed by atoms with Crippen LogP contribution in [0, 0.1) is 0 Å². The Morgan fingerprint density at radius 2 is 0.725 bits per heavy atom. The third-order valence-corrected chi connectivity index (χ3v) is 10.6.